The van der Waals surface area contributed by atoms with Gasteiger partial charge in [0, 0.05) is 0 Å². The zero-order chi connectivity index (χ0) is 17.0. The van der Waals surface area contributed by atoms with Crippen molar-refractivity contribution in [2.45, 2.75) is 53.4 Å². The minimum atomic E-state index is -1.04. The average Bonchev–Trinajstić information content (AvgIpc) is 2.45. The van der Waals surface area contributed by atoms with E-state index in [1.807, 2.05) is 6.92 Å². The van der Waals surface area contributed by atoms with Gasteiger partial charge in [0.2, 0.25) is 0 Å². The Kier molecular flexibility index (Phi) is 10.4. The van der Waals surface area contributed by atoms with Gasteiger partial charge in [-0.1, -0.05) is 28.9 Å². The molecule has 0 aromatic heterocycles. The maximum atomic E-state index is 11.0. The van der Waals surface area contributed by atoms with Crippen LogP contribution in [0.1, 0.15) is 53.4 Å². The highest BCUT2D eigenvalue weighted by Crippen LogP contribution is 2.11. The van der Waals surface area contributed by atoms with Gasteiger partial charge in [0.25, 0.3) is 0 Å². The first-order valence-electron chi connectivity index (χ1n) is 7.39. The van der Waals surface area contributed by atoms with Crippen LogP contribution in [0.25, 0.3) is 5.53 Å². The zero-order valence-electron chi connectivity index (χ0n) is 13.9. The van der Waals surface area contributed by atoms with Gasteiger partial charge in [0.15, 0.2) is 0 Å². The number of carbonyl (C=O) groups excluding carboxylic acids is 1. The van der Waals surface area contributed by atoms with E-state index in [-0.39, 0.29) is 6.61 Å². The van der Waals surface area contributed by atoms with Gasteiger partial charge >= 0.3 is 11.9 Å². The predicted molar refractivity (Wildman–Crippen MR) is 87.6 cm³/mol. The van der Waals surface area contributed by atoms with E-state index in [9.17, 15) is 4.79 Å². The van der Waals surface area contributed by atoms with Crippen molar-refractivity contribution in [2.24, 2.45) is 0 Å². The van der Waals surface area contributed by atoms with Crippen LogP contribution in [0.5, 0.6) is 0 Å². The molecule has 0 aliphatic carbocycles. The third kappa shape index (κ3) is 10.6. The SMILES string of the molecule is CC(C)=CCCC(C)=CCCC(C)=CCOC(=O)C(O)=[N+]=[N-]. The summed E-state index contributed by atoms with van der Waals surface area (Å²) in [5, 5.41) is 8.79. The second-order valence-electron chi connectivity index (χ2n) is 5.48. The molecule has 1 N–H and O–H groups in total. The van der Waals surface area contributed by atoms with E-state index in [1.165, 1.54) is 11.1 Å². The summed E-state index contributed by atoms with van der Waals surface area (Å²) < 4.78 is 4.69. The Bertz CT molecular complexity index is 506. The molecule has 0 heterocycles. The van der Waals surface area contributed by atoms with Crippen molar-refractivity contribution in [3.63, 3.8) is 0 Å². The molecule has 0 aliphatic heterocycles. The van der Waals surface area contributed by atoms with Crippen molar-refractivity contribution >= 4 is 11.9 Å². The predicted octanol–water partition coefficient (Wildman–Crippen LogP) is 4.14. The molecule has 0 aliphatic rings. The van der Waals surface area contributed by atoms with Crippen LogP contribution in [0.15, 0.2) is 34.9 Å². The molecule has 5 heteroatoms. The van der Waals surface area contributed by atoms with Crippen molar-refractivity contribution in [2.75, 3.05) is 6.61 Å². The van der Waals surface area contributed by atoms with Crippen molar-refractivity contribution < 1.29 is 19.4 Å². The molecule has 5 nitrogen and oxygen atoms in total. The van der Waals surface area contributed by atoms with Crippen molar-refractivity contribution in [3.8, 4) is 0 Å². The fourth-order valence-corrected chi connectivity index (χ4v) is 1.70. The maximum absolute atomic E-state index is 11.0. The number of hydrogen-bond donors (Lipinski definition) is 1. The van der Waals surface area contributed by atoms with Crippen LogP contribution in [-0.4, -0.2) is 28.4 Å². The van der Waals surface area contributed by atoms with Gasteiger partial charge in [0.1, 0.15) is 6.61 Å². The second-order valence-corrected chi connectivity index (χ2v) is 5.48. The third-order valence-electron chi connectivity index (χ3n) is 3.05. The van der Waals surface area contributed by atoms with Crippen LogP contribution in [0.3, 0.4) is 0 Å². The minimum absolute atomic E-state index is 0.0491. The summed E-state index contributed by atoms with van der Waals surface area (Å²) in [6, 6.07) is 0. The largest absolute Gasteiger partial charge is 0.559 e. The molecule has 122 valence electrons. The van der Waals surface area contributed by atoms with E-state index in [4.69, 9.17) is 15.4 Å². The molecule has 0 amide bonds. The summed E-state index contributed by atoms with van der Waals surface area (Å²) in [7, 11) is 0. The summed E-state index contributed by atoms with van der Waals surface area (Å²) in [6.07, 6.45) is 10.2. The molecule has 0 aromatic rings. The van der Waals surface area contributed by atoms with E-state index in [0.717, 1.165) is 31.3 Å². The van der Waals surface area contributed by atoms with Crippen LogP contribution >= 0.6 is 0 Å². The third-order valence-corrected chi connectivity index (χ3v) is 3.05. The van der Waals surface area contributed by atoms with E-state index in [1.54, 1.807) is 6.08 Å². The molecule has 0 aromatic carbocycles. The molecule has 0 atom stereocenters. The summed E-state index contributed by atoms with van der Waals surface area (Å²) in [5.74, 6) is -2.08. The number of allylic oxidation sites excluding steroid dienone is 5. The van der Waals surface area contributed by atoms with Crippen LogP contribution in [0.4, 0.5) is 0 Å². The molecular formula is C17H26N2O3. The fraction of sp³-hybridized carbons (Fsp3) is 0.529. The summed E-state index contributed by atoms with van der Waals surface area (Å²) in [6.45, 7) is 8.35. The molecule has 0 unspecified atom stereocenters. The van der Waals surface area contributed by atoms with Gasteiger partial charge in [-0.05, 0) is 59.5 Å². The Balaban J connectivity index is 4.04. The van der Waals surface area contributed by atoms with Gasteiger partial charge in [-0.25, -0.2) is 4.79 Å². The lowest BCUT2D eigenvalue weighted by molar-refractivity contribution is -0.142. The molecule has 0 spiro atoms. The van der Waals surface area contributed by atoms with Gasteiger partial charge in [0.05, 0.1) is 0 Å². The Morgan fingerprint density at radius 2 is 1.59 bits per heavy atom. The molecule has 0 saturated carbocycles. The molecule has 0 radical (unpaired) electrons. The number of ether oxygens (including phenoxy) is 1. The van der Waals surface area contributed by atoms with E-state index in [2.05, 4.69) is 37.7 Å². The second kappa shape index (κ2) is 11.5. The first-order chi connectivity index (χ1) is 10.4. The van der Waals surface area contributed by atoms with Crippen molar-refractivity contribution in [1.29, 1.82) is 0 Å². The highest BCUT2D eigenvalue weighted by Gasteiger charge is 2.18. The number of hydrogen-bond acceptors (Lipinski definition) is 2. The highest BCUT2D eigenvalue weighted by atomic mass is 16.5. The van der Waals surface area contributed by atoms with Crippen molar-refractivity contribution in [1.82, 2.24) is 0 Å². The highest BCUT2D eigenvalue weighted by molar-refractivity contribution is 6.28. The Morgan fingerprint density at radius 3 is 2.14 bits per heavy atom. The van der Waals surface area contributed by atoms with Gasteiger partial charge in [-0.3, -0.25) is 0 Å². The molecular weight excluding hydrogens is 280 g/mol. The Morgan fingerprint density at radius 1 is 1.05 bits per heavy atom. The zero-order valence-corrected chi connectivity index (χ0v) is 13.9. The molecule has 22 heavy (non-hydrogen) atoms. The van der Waals surface area contributed by atoms with Crippen LogP contribution in [0, 0.1) is 0 Å². The number of nitrogens with zero attached hydrogens (tertiary/aromatic N) is 2. The lowest BCUT2D eigenvalue weighted by atomic mass is 10.1. The molecule has 0 fully saturated rings. The number of rotatable bonds is 8. The van der Waals surface area contributed by atoms with Gasteiger partial charge < -0.3 is 15.4 Å². The Labute approximate surface area is 132 Å². The van der Waals surface area contributed by atoms with Crippen molar-refractivity contribution in [3.05, 3.63) is 40.5 Å². The molecule has 0 bridgehead atoms. The van der Waals surface area contributed by atoms with E-state index < -0.39 is 11.9 Å². The lowest BCUT2D eigenvalue weighted by Crippen LogP contribution is -2.17. The van der Waals surface area contributed by atoms with Crippen LogP contribution in [-0.2, 0) is 9.53 Å². The average molecular weight is 306 g/mol. The number of carbonyl (C=O) groups is 1. The number of aliphatic hydroxyl groups is 1. The number of esters is 1. The fourth-order valence-electron chi connectivity index (χ4n) is 1.70. The lowest BCUT2D eigenvalue weighted by Gasteiger charge is -2.02. The first-order valence-corrected chi connectivity index (χ1v) is 7.39. The summed E-state index contributed by atoms with van der Waals surface area (Å²) in [4.78, 5) is 13.4. The van der Waals surface area contributed by atoms with Crippen LogP contribution in [0.2, 0.25) is 0 Å². The normalized spacial score (nSPS) is 11.6. The van der Waals surface area contributed by atoms with Crippen LogP contribution < -0.4 is 0 Å². The molecule has 0 rings (SSSR count). The maximum Gasteiger partial charge on any atom is 0.559 e. The van der Waals surface area contributed by atoms with E-state index >= 15 is 0 Å². The Hall–Kier alpha value is -2.13. The minimum Gasteiger partial charge on any atom is -0.450 e. The quantitative estimate of drug-likeness (QED) is 0.183. The molecule has 0 saturated heterocycles. The summed E-state index contributed by atoms with van der Waals surface area (Å²) >= 11 is 0. The number of aliphatic hydroxyl groups excluding tert-OH is 1. The summed E-state index contributed by atoms with van der Waals surface area (Å²) in [5.41, 5.74) is 12.0. The first kappa shape index (κ1) is 19.9. The van der Waals surface area contributed by atoms with Gasteiger partial charge in [-0.15, -0.1) is 4.79 Å². The smallest absolute Gasteiger partial charge is 0.450 e. The topological polar surface area (TPSA) is 82.9 Å². The standard InChI is InChI=1S/C17H26N2O3/c1-13(2)7-5-8-14(3)9-6-10-15(4)11-12-22-17(21)16(20)19-18/h7,9,11,20H,5-6,8,10,12H2,1-4H3. The van der Waals surface area contributed by atoms with Gasteiger partial charge in [-0.2, -0.15) is 0 Å². The monoisotopic (exact) mass is 306 g/mol. The van der Waals surface area contributed by atoms with E-state index in [0.29, 0.717) is 0 Å².